The number of halogens is 1. The van der Waals surface area contributed by atoms with Crippen molar-refractivity contribution >= 4 is 34.7 Å². The van der Waals surface area contributed by atoms with Gasteiger partial charge in [-0.05, 0) is 31.2 Å². The molecule has 0 aliphatic rings. The minimum atomic E-state index is -0.244. The Morgan fingerprint density at radius 3 is 2.77 bits per heavy atom. The number of pyridine rings is 2. The fourth-order valence-corrected chi connectivity index (χ4v) is 2.88. The first-order valence-electron chi connectivity index (χ1n) is 6.45. The van der Waals surface area contributed by atoms with Gasteiger partial charge < -0.3 is 5.32 Å². The van der Waals surface area contributed by atoms with Crippen LogP contribution in [0.1, 0.15) is 15.4 Å². The van der Waals surface area contributed by atoms with E-state index >= 15 is 0 Å². The normalized spacial score (nSPS) is 10.5. The fourth-order valence-electron chi connectivity index (χ4n) is 1.83. The second kappa shape index (κ2) is 6.21. The molecule has 0 aliphatic heterocycles. The predicted molar refractivity (Wildman–Crippen MR) is 87.3 cm³/mol. The molecule has 22 heavy (non-hydrogen) atoms. The first kappa shape index (κ1) is 14.6. The van der Waals surface area contributed by atoms with Crippen molar-refractivity contribution in [3.8, 4) is 10.7 Å². The molecule has 0 saturated heterocycles. The molecule has 110 valence electrons. The minimum Gasteiger partial charge on any atom is -0.306 e. The van der Waals surface area contributed by atoms with Crippen molar-refractivity contribution in [2.24, 2.45) is 0 Å². The molecule has 1 N–H and O–H groups in total. The number of carbonyl (C=O) groups excluding carboxylic acids is 1. The van der Waals surface area contributed by atoms with Crippen molar-refractivity contribution in [3.05, 3.63) is 58.3 Å². The molecule has 0 aromatic carbocycles. The van der Waals surface area contributed by atoms with Crippen molar-refractivity contribution in [1.29, 1.82) is 0 Å². The number of nitrogens with one attached hydrogen (secondary N) is 1. The molecule has 3 rings (SSSR count). The number of aromatic nitrogens is 3. The summed E-state index contributed by atoms with van der Waals surface area (Å²) >= 11 is 7.08. The molecule has 7 heteroatoms. The van der Waals surface area contributed by atoms with Crippen LogP contribution in [0.3, 0.4) is 0 Å². The van der Waals surface area contributed by atoms with Gasteiger partial charge in [0.15, 0.2) is 0 Å². The van der Waals surface area contributed by atoms with E-state index in [4.69, 9.17) is 11.6 Å². The average molecular weight is 331 g/mol. The Bertz CT molecular complexity index is 802. The van der Waals surface area contributed by atoms with Crippen molar-refractivity contribution in [2.75, 3.05) is 5.32 Å². The zero-order chi connectivity index (χ0) is 15.5. The van der Waals surface area contributed by atoms with E-state index in [0.29, 0.717) is 26.4 Å². The molecule has 0 atom stereocenters. The van der Waals surface area contributed by atoms with Gasteiger partial charge in [-0.3, -0.25) is 9.78 Å². The van der Waals surface area contributed by atoms with Crippen LogP contribution in [0.15, 0.2) is 42.7 Å². The third-order valence-corrected chi connectivity index (χ3v) is 4.26. The molecule has 0 fully saturated rings. The Labute approximate surface area is 136 Å². The number of hydrogen-bond acceptors (Lipinski definition) is 5. The number of amides is 1. The maximum absolute atomic E-state index is 12.3. The molecule has 3 aromatic rings. The van der Waals surface area contributed by atoms with Crippen LogP contribution in [0.4, 0.5) is 5.82 Å². The van der Waals surface area contributed by atoms with Crippen LogP contribution in [0, 0.1) is 6.92 Å². The molecule has 0 aliphatic carbocycles. The minimum absolute atomic E-state index is 0.244. The zero-order valence-corrected chi connectivity index (χ0v) is 13.1. The van der Waals surface area contributed by atoms with Crippen LogP contribution in [0.25, 0.3) is 10.7 Å². The van der Waals surface area contributed by atoms with Crippen molar-refractivity contribution in [1.82, 2.24) is 15.0 Å². The van der Waals surface area contributed by atoms with E-state index in [1.807, 2.05) is 18.2 Å². The molecule has 0 unspecified atom stereocenters. The first-order valence-corrected chi connectivity index (χ1v) is 7.64. The quantitative estimate of drug-likeness (QED) is 0.792. The van der Waals surface area contributed by atoms with Crippen molar-refractivity contribution in [2.45, 2.75) is 6.92 Å². The van der Waals surface area contributed by atoms with Gasteiger partial charge in [-0.25, -0.2) is 9.97 Å². The van der Waals surface area contributed by atoms with Crippen molar-refractivity contribution in [3.63, 3.8) is 0 Å². The van der Waals surface area contributed by atoms with E-state index in [1.165, 1.54) is 17.5 Å². The number of nitrogens with zero attached hydrogens (tertiary/aromatic N) is 3. The largest absolute Gasteiger partial charge is 0.306 e. The summed E-state index contributed by atoms with van der Waals surface area (Å²) < 4.78 is 0. The molecule has 0 spiro atoms. The van der Waals surface area contributed by atoms with Gasteiger partial charge in [0.25, 0.3) is 5.91 Å². The van der Waals surface area contributed by atoms with Gasteiger partial charge in [0, 0.05) is 12.4 Å². The summed E-state index contributed by atoms with van der Waals surface area (Å²) in [6.07, 6.45) is 3.18. The lowest BCUT2D eigenvalue weighted by molar-refractivity contribution is 0.102. The van der Waals surface area contributed by atoms with E-state index in [0.717, 1.165) is 5.69 Å². The van der Waals surface area contributed by atoms with E-state index in [-0.39, 0.29) is 5.91 Å². The van der Waals surface area contributed by atoms with Gasteiger partial charge in [-0.15, -0.1) is 11.3 Å². The Balaban J connectivity index is 1.84. The summed E-state index contributed by atoms with van der Waals surface area (Å²) in [5.41, 5.74) is 1.41. The monoisotopic (exact) mass is 330 g/mol. The second-order valence-electron chi connectivity index (χ2n) is 4.46. The molecule has 0 saturated carbocycles. The highest BCUT2D eigenvalue weighted by Gasteiger charge is 2.17. The number of aryl methyl sites for hydroxylation is 1. The van der Waals surface area contributed by atoms with Crippen LogP contribution >= 0.6 is 22.9 Å². The summed E-state index contributed by atoms with van der Waals surface area (Å²) in [5.74, 6) is 0.202. The standard InChI is InChI=1S/C15H11ClN4OS/c1-9-13(14(21)20-12-6-5-10(16)8-18-12)22-15(19-9)11-4-2-3-7-17-11/h2-8H,1H3,(H,18,20,21). The van der Waals surface area contributed by atoms with E-state index < -0.39 is 0 Å². The lowest BCUT2D eigenvalue weighted by Gasteiger charge is -2.02. The zero-order valence-electron chi connectivity index (χ0n) is 11.6. The molecule has 1 amide bonds. The van der Waals surface area contributed by atoms with Gasteiger partial charge in [0.05, 0.1) is 16.4 Å². The summed E-state index contributed by atoms with van der Waals surface area (Å²) in [4.78, 5) is 25.6. The topological polar surface area (TPSA) is 67.8 Å². The van der Waals surface area contributed by atoms with Crippen LogP contribution in [0.5, 0.6) is 0 Å². The lowest BCUT2D eigenvalue weighted by atomic mass is 10.3. The van der Waals surface area contributed by atoms with Gasteiger partial charge in [-0.2, -0.15) is 0 Å². The van der Waals surface area contributed by atoms with Gasteiger partial charge in [0.1, 0.15) is 15.7 Å². The van der Waals surface area contributed by atoms with E-state index in [2.05, 4.69) is 20.3 Å². The Kier molecular flexibility index (Phi) is 4.13. The van der Waals surface area contributed by atoms with Gasteiger partial charge >= 0.3 is 0 Å². The van der Waals surface area contributed by atoms with Crippen LogP contribution in [-0.2, 0) is 0 Å². The molecular formula is C15H11ClN4OS. The Morgan fingerprint density at radius 2 is 2.09 bits per heavy atom. The van der Waals surface area contributed by atoms with Gasteiger partial charge in [0.2, 0.25) is 0 Å². The Hall–Kier alpha value is -2.31. The smallest absolute Gasteiger partial charge is 0.268 e. The SMILES string of the molecule is Cc1nc(-c2ccccn2)sc1C(=O)Nc1ccc(Cl)cn1. The molecule has 0 bridgehead atoms. The number of carbonyl (C=O) groups is 1. The highest BCUT2D eigenvalue weighted by molar-refractivity contribution is 7.17. The fraction of sp³-hybridized carbons (Fsp3) is 0.0667. The summed E-state index contributed by atoms with van der Waals surface area (Å²) in [6.45, 7) is 1.80. The molecule has 5 nitrogen and oxygen atoms in total. The summed E-state index contributed by atoms with van der Waals surface area (Å²) in [5, 5.41) is 3.97. The highest BCUT2D eigenvalue weighted by Crippen LogP contribution is 2.26. The lowest BCUT2D eigenvalue weighted by Crippen LogP contribution is -2.12. The molecular weight excluding hydrogens is 320 g/mol. The third-order valence-electron chi connectivity index (χ3n) is 2.86. The van der Waals surface area contributed by atoms with Crippen LogP contribution in [0.2, 0.25) is 5.02 Å². The first-order chi connectivity index (χ1) is 10.6. The maximum Gasteiger partial charge on any atom is 0.268 e. The highest BCUT2D eigenvalue weighted by atomic mass is 35.5. The van der Waals surface area contributed by atoms with E-state index in [1.54, 1.807) is 25.3 Å². The second-order valence-corrected chi connectivity index (χ2v) is 5.90. The molecule has 3 aromatic heterocycles. The maximum atomic E-state index is 12.3. The molecule has 0 radical (unpaired) electrons. The average Bonchev–Trinajstić information content (AvgIpc) is 2.92. The van der Waals surface area contributed by atoms with Gasteiger partial charge in [-0.1, -0.05) is 17.7 Å². The van der Waals surface area contributed by atoms with Crippen molar-refractivity contribution < 1.29 is 4.79 Å². The number of thiazole rings is 1. The Morgan fingerprint density at radius 1 is 1.23 bits per heavy atom. The number of anilines is 1. The summed E-state index contributed by atoms with van der Waals surface area (Å²) in [7, 11) is 0. The van der Waals surface area contributed by atoms with Crippen LogP contribution in [-0.4, -0.2) is 20.9 Å². The predicted octanol–water partition coefficient (Wildman–Crippen LogP) is 3.81. The number of hydrogen-bond donors (Lipinski definition) is 1. The summed E-state index contributed by atoms with van der Waals surface area (Å²) in [6, 6.07) is 8.90. The van der Waals surface area contributed by atoms with E-state index in [9.17, 15) is 4.79 Å². The third kappa shape index (κ3) is 3.13. The number of rotatable bonds is 3. The molecule has 3 heterocycles. The van der Waals surface area contributed by atoms with Crippen LogP contribution < -0.4 is 5.32 Å².